The number of quaternary nitrogens is 1. The van der Waals surface area contributed by atoms with E-state index >= 15 is 0 Å². The van der Waals surface area contributed by atoms with Crippen molar-refractivity contribution in [2.45, 2.75) is 182 Å². The Morgan fingerprint density at radius 2 is 0.941 bits per heavy atom. The van der Waals surface area contributed by atoms with E-state index in [1.807, 2.05) is 0 Å². The summed E-state index contributed by atoms with van der Waals surface area (Å²) in [6.45, 7) is 8.79. The van der Waals surface area contributed by atoms with Crippen LogP contribution in [0.3, 0.4) is 0 Å². The lowest BCUT2D eigenvalue weighted by Crippen LogP contribution is -2.47. The average molecular weight is 484 g/mol. The van der Waals surface area contributed by atoms with Crippen molar-refractivity contribution in [2.24, 2.45) is 11.3 Å². The van der Waals surface area contributed by atoms with Crippen LogP contribution in [0.25, 0.3) is 0 Å². The molecular weight excluding hydrogens is 418 g/mol. The highest BCUT2D eigenvalue weighted by Crippen LogP contribution is 2.41. The van der Waals surface area contributed by atoms with Crippen LogP contribution in [0.15, 0.2) is 0 Å². The highest BCUT2D eigenvalue weighted by Gasteiger charge is 2.36. The molecule has 0 aromatic rings. The molecule has 34 heavy (non-hydrogen) atoms. The summed E-state index contributed by atoms with van der Waals surface area (Å²) in [5.74, 6) is -0.502. The monoisotopic (exact) mass is 484 g/mol. The fourth-order valence-electron chi connectivity index (χ4n) is 5.76. The number of carboxylic acids is 1. The SMILES string of the molecule is CCCCCCCCCCCCCCCC(CC)C(CC)(CCCCCCCCC)C(=O)[O-].[NH4+]. The molecule has 0 aliphatic heterocycles. The normalized spacial score (nSPS) is 13.9. The van der Waals surface area contributed by atoms with Gasteiger partial charge in [-0.15, -0.1) is 0 Å². The minimum atomic E-state index is -0.780. The van der Waals surface area contributed by atoms with Gasteiger partial charge in [0.1, 0.15) is 0 Å². The van der Waals surface area contributed by atoms with Crippen LogP contribution in [0.5, 0.6) is 0 Å². The number of aliphatic carboxylic acids is 1. The lowest BCUT2D eigenvalue weighted by molar-refractivity contribution is -0.323. The van der Waals surface area contributed by atoms with Crippen LogP contribution in [0.2, 0.25) is 0 Å². The van der Waals surface area contributed by atoms with Gasteiger partial charge in [0, 0.05) is 11.4 Å². The molecule has 3 nitrogen and oxygen atoms in total. The molecule has 0 aromatic heterocycles. The average Bonchev–Trinajstić information content (AvgIpc) is 2.82. The molecule has 206 valence electrons. The molecule has 4 N–H and O–H groups in total. The van der Waals surface area contributed by atoms with Crippen LogP contribution in [-0.2, 0) is 4.79 Å². The van der Waals surface area contributed by atoms with E-state index in [9.17, 15) is 9.90 Å². The first-order valence-corrected chi connectivity index (χ1v) is 15.3. The number of rotatable bonds is 26. The Morgan fingerprint density at radius 1 is 0.588 bits per heavy atom. The first kappa shape index (κ1) is 35.6. The van der Waals surface area contributed by atoms with E-state index in [2.05, 4.69) is 27.7 Å². The molecule has 0 amide bonds. The molecule has 2 atom stereocenters. The Bertz CT molecular complexity index is 426. The second-order valence-electron chi connectivity index (χ2n) is 10.8. The van der Waals surface area contributed by atoms with Gasteiger partial charge < -0.3 is 16.1 Å². The molecule has 0 bridgehead atoms. The van der Waals surface area contributed by atoms with Gasteiger partial charge in [-0.05, 0) is 25.2 Å². The predicted molar refractivity (Wildman–Crippen MR) is 150 cm³/mol. The van der Waals surface area contributed by atoms with Crippen molar-refractivity contribution in [2.75, 3.05) is 0 Å². The molecule has 0 saturated carbocycles. The van der Waals surface area contributed by atoms with Gasteiger partial charge in [-0.25, -0.2) is 0 Å². The minimum absolute atomic E-state index is 0. The summed E-state index contributed by atoms with van der Waals surface area (Å²) in [4.78, 5) is 12.3. The third-order valence-electron chi connectivity index (χ3n) is 8.19. The van der Waals surface area contributed by atoms with Gasteiger partial charge in [0.05, 0.1) is 0 Å². The molecule has 0 radical (unpaired) electrons. The van der Waals surface area contributed by atoms with Gasteiger partial charge in [-0.1, -0.05) is 163 Å². The number of carbonyl (C=O) groups is 1. The Balaban J connectivity index is 0. The van der Waals surface area contributed by atoms with Crippen LogP contribution in [-0.4, -0.2) is 5.97 Å². The van der Waals surface area contributed by atoms with E-state index in [1.54, 1.807) is 0 Å². The van der Waals surface area contributed by atoms with Crippen molar-refractivity contribution in [1.82, 2.24) is 6.15 Å². The summed E-state index contributed by atoms with van der Waals surface area (Å²) in [7, 11) is 0. The fourth-order valence-corrected chi connectivity index (χ4v) is 5.76. The molecular formula is C31H65NO2. The first-order chi connectivity index (χ1) is 16.1. The number of carboxylic acid groups (broad SMARTS) is 1. The highest BCUT2D eigenvalue weighted by molar-refractivity contribution is 5.72. The number of hydrogen-bond acceptors (Lipinski definition) is 2. The lowest BCUT2D eigenvalue weighted by Gasteiger charge is -2.41. The topological polar surface area (TPSA) is 76.6 Å². The quantitative estimate of drug-likeness (QED) is 0.124. The molecule has 0 saturated heterocycles. The van der Waals surface area contributed by atoms with Crippen LogP contribution in [0.1, 0.15) is 182 Å². The molecule has 2 unspecified atom stereocenters. The maximum Gasteiger partial charge on any atom is 0.0478 e. The van der Waals surface area contributed by atoms with E-state index in [0.29, 0.717) is 0 Å². The molecule has 3 heteroatoms. The minimum Gasteiger partial charge on any atom is -0.550 e. The van der Waals surface area contributed by atoms with Crippen molar-refractivity contribution in [1.29, 1.82) is 0 Å². The van der Waals surface area contributed by atoms with E-state index < -0.39 is 11.4 Å². The molecule has 0 fully saturated rings. The Kier molecular flexibility index (Phi) is 26.7. The van der Waals surface area contributed by atoms with Crippen molar-refractivity contribution < 1.29 is 9.90 Å². The van der Waals surface area contributed by atoms with Gasteiger partial charge in [0.15, 0.2) is 0 Å². The standard InChI is InChI=1S/C31H62O2.H3N/c1-5-9-11-13-15-16-17-18-19-20-21-23-25-27-29(7-3)31(8-4,30(32)33)28-26-24-22-14-12-10-6-2;/h29H,5-28H2,1-4H3,(H,32,33);1H3. The Labute approximate surface area is 215 Å². The highest BCUT2D eigenvalue weighted by atomic mass is 16.4. The van der Waals surface area contributed by atoms with Crippen LogP contribution >= 0.6 is 0 Å². The zero-order chi connectivity index (χ0) is 24.6. The predicted octanol–water partition coefficient (Wildman–Crippen LogP) is 10.2. The third kappa shape index (κ3) is 17.0. The zero-order valence-electron chi connectivity index (χ0n) is 24.4. The third-order valence-corrected chi connectivity index (χ3v) is 8.19. The van der Waals surface area contributed by atoms with Crippen LogP contribution in [0.4, 0.5) is 0 Å². The Hall–Kier alpha value is -0.570. The van der Waals surface area contributed by atoms with Crippen LogP contribution < -0.4 is 11.3 Å². The smallest absolute Gasteiger partial charge is 0.0478 e. The van der Waals surface area contributed by atoms with E-state index in [4.69, 9.17) is 0 Å². The fraction of sp³-hybridized carbons (Fsp3) is 0.968. The number of unbranched alkanes of at least 4 members (excludes halogenated alkanes) is 18. The van der Waals surface area contributed by atoms with Gasteiger partial charge in [-0.2, -0.15) is 0 Å². The molecule has 0 spiro atoms. The first-order valence-electron chi connectivity index (χ1n) is 15.3. The van der Waals surface area contributed by atoms with Gasteiger partial charge >= 0.3 is 0 Å². The Morgan fingerprint density at radius 3 is 1.26 bits per heavy atom. The van der Waals surface area contributed by atoms with E-state index in [1.165, 1.54) is 122 Å². The second-order valence-corrected chi connectivity index (χ2v) is 10.8. The largest absolute Gasteiger partial charge is 0.550 e. The van der Waals surface area contributed by atoms with Crippen molar-refractivity contribution in [3.05, 3.63) is 0 Å². The zero-order valence-corrected chi connectivity index (χ0v) is 24.4. The van der Waals surface area contributed by atoms with Crippen molar-refractivity contribution in [3.8, 4) is 0 Å². The van der Waals surface area contributed by atoms with Gasteiger partial charge in [0.2, 0.25) is 0 Å². The summed E-state index contributed by atoms with van der Waals surface area (Å²) >= 11 is 0. The maximum atomic E-state index is 12.3. The molecule has 0 aromatic carbocycles. The van der Waals surface area contributed by atoms with E-state index in [0.717, 1.165) is 32.1 Å². The second kappa shape index (κ2) is 25.5. The molecule has 0 aliphatic carbocycles. The van der Waals surface area contributed by atoms with E-state index in [-0.39, 0.29) is 12.1 Å². The molecule has 0 rings (SSSR count). The number of hydrogen-bond donors (Lipinski definition) is 1. The maximum absolute atomic E-state index is 12.3. The van der Waals surface area contributed by atoms with Crippen LogP contribution in [0, 0.1) is 11.3 Å². The van der Waals surface area contributed by atoms with Crippen molar-refractivity contribution in [3.63, 3.8) is 0 Å². The number of carbonyl (C=O) groups excluding carboxylic acids is 1. The summed E-state index contributed by atoms with van der Waals surface area (Å²) in [5, 5.41) is 12.3. The summed E-state index contributed by atoms with van der Waals surface area (Å²) in [6.07, 6.45) is 30.0. The molecule has 0 heterocycles. The molecule has 0 aliphatic rings. The summed E-state index contributed by atoms with van der Waals surface area (Å²) in [5.41, 5.74) is -0.602. The van der Waals surface area contributed by atoms with Gasteiger partial charge in [0.25, 0.3) is 0 Å². The van der Waals surface area contributed by atoms with Gasteiger partial charge in [-0.3, -0.25) is 0 Å². The summed E-state index contributed by atoms with van der Waals surface area (Å²) in [6, 6.07) is 0. The lowest BCUT2D eigenvalue weighted by atomic mass is 9.67. The summed E-state index contributed by atoms with van der Waals surface area (Å²) < 4.78 is 0. The van der Waals surface area contributed by atoms with Crippen molar-refractivity contribution >= 4 is 5.97 Å².